The van der Waals surface area contributed by atoms with Gasteiger partial charge < -0.3 is 9.73 Å². The van der Waals surface area contributed by atoms with E-state index in [0.717, 1.165) is 0 Å². The molecular weight excluding hydrogens is 348 g/mol. The Kier molecular flexibility index (Phi) is 5.07. The third kappa shape index (κ3) is 3.55. The van der Waals surface area contributed by atoms with Crippen molar-refractivity contribution >= 4 is 27.3 Å². The zero-order chi connectivity index (χ0) is 17.2. The highest BCUT2D eigenvalue weighted by Gasteiger charge is 2.34. The topological polar surface area (TPSA) is 79.6 Å². The van der Waals surface area contributed by atoms with Gasteiger partial charge in [0.2, 0.25) is 5.91 Å². The van der Waals surface area contributed by atoms with Crippen LogP contribution < -0.4 is 5.32 Å². The first kappa shape index (κ1) is 17.2. The first-order valence-electron chi connectivity index (χ1n) is 7.86. The van der Waals surface area contributed by atoms with Crippen LogP contribution in [0.4, 0.5) is 0 Å². The van der Waals surface area contributed by atoms with Crippen LogP contribution in [0.3, 0.4) is 0 Å². The molecule has 2 aromatic heterocycles. The summed E-state index contributed by atoms with van der Waals surface area (Å²) >= 11 is 1.20. The zero-order valence-corrected chi connectivity index (χ0v) is 15.0. The van der Waals surface area contributed by atoms with Crippen molar-refractivity contribution in [3.05, 3.63) is 41.7 Å². The minimum Gasteiger partial charge on any atom is -0.467 e. The lowest BCUT2D eigenvalue weighted by atomic mass is 9.98. The summed E-state index contributed by atoms with van der Waals surface area (Å²) in [6.07, 6.45) is 2.93. The van der Waals surface area contributed by atoms with Crippen molar-refractivity contribution in [2.24, 2.45) is 5.92 Å². The second-order valence-electron chi connectivity index (χ2n) is 5.88. The number of hydrogen-bond donors (Lipinski definition) is 1. The molecule has 3 heterocycles. The monoisotopic (exact) mass is 368 g/mol. The number of nitrogens with zero attached hydrogens (tertiary/aromatic N) is 1. The van der Waals surface area contributed by atoms with E-state index >= 15 is 0 Å². The highest BCUT2D eigenvalue weighted by molar-refractivity contribution is 7.91. The Balaban J connectivity index is 1.66. The Morgan fingerprint density at radius 3 is 2.92 bits per heavy atom. The van der Waals surface area contributed by atoms with Gasteiger partial charge in [0, 0.05) is 13.1 Å². The fraction of sp³-hybridized carbons (Fsp3) is 0.438. The van der Waals surface area contributed by atoms with Crippen LogP contribution >= 0.6 is 11.3 Å². The van der Waals surface area contributed by atoms with Gasteiger partial charge in [0.15, 0.2) is 0 Å². The molecule has 1 N–H and O–H groups in total. The number of piperidine rings is 1. The van der Waals surface area contributed by atoms with E-state index in [2.05, 4.69) is 5.32 Å². The Hall–Kier alpha value is -1.64. The van der Waals surface area contributed by atoms with E-state index in [-0.39, 0.29) is 24.4 Å². The Labute approximate surface area is 145 Å². The lowest BCUT2D eigenvalue weighted by molar-refractivity contribution is -0.126. The summed E-state index contributed by atoms with van der Waals surface area (Å²) in [5, 5.41) is 4.65. The molecule has 0 aromatic carbocycles. The lowest BCUT2D eigenvalue weighted by Gasteiger charge is -2.31. The highest BCUT2D eigenvalue weighted by atomic mass is 32.2. The maximum atomic E-state index is 12.6. The molecule has 3 rings (SSSR count). The van der Waals surface area contributed by atoms with E-state index in [0.29, 0.717) is 29.4 Å². The number of nitrogens with one attached hydrogen (secondary N) is 1. The maximum absolute atomic E-state index is 12.6. The van der Waals surface area contributed by atoms with E-state index in [1.54, 1.807) is 35.9 Å². The summed E-state index contributed by atoms with van der Waals surface area (Å²) < 4.78 is 32.3. The predicted molar refractivity (Wildman–Crippen MR) is 91.1 cm³/mol. The van der Waals surface area contributed by atoms with Crippen LogP contribution in [0.25, 0.3) is 0 Å². The van der Waals surface area contributed by atoms with Crippen LogP contribution in [0.2, 0.25) is 0 Å². The fourth-order valence-electron chi connectivity index (χ4n) is 2.85. The van der Waals surface area contributed by atoms with Gasteiger partial charge in [0.05, 0.1) is 18.2 Å². The van der Waals surface area contributed by atoms with Crippen molar-refractivity contribution in [2.45, 2.75) is 30.0 Å². The summed E-state index contributed by atoms with van der Waals surface area (Å²) in [6, 6.07) is 6.66. The van der Waals surface area contributed by atoms with Crippen molar-refractivity contribution in [3.63, 3.8) is 0 Å². The predicted octanol–water partition coefficient (Wildman–Crippen LogP) is 2.62. The first-order valence-corrected chi connectivity index (χ1v) is 10.2. The molecule has 0 bridgehead atoms. The summed E-state index contributed by atoms with van der Waals surface area (Å²) in [5.74, 6) is 0.207. The van der Waals surface area contributed by atoms with Gasteiger partial charge in [-0.2, -0.15) is 4.31 Å². The number of carbonyl (C=O) groups is 1. The van der Waals surface area contributed by atoms with E-state index in [1.165, 1.54) is 15.6 Å². The molecular formula is C16H20N2O4S2. The summed E-state index contributed by atoms with van der Waals surface area (Å²) in [6.45, 7) is 2.52. The van der Waals surface area contributed by atoms with E-state index in [1.807, 2.05) is 6.92 Å². The maximum Gasteiger partial charge on any atom is 0.252 e. The second-order valence-corrected chi connectivity index (χ2v) is 8.99. The van der Waals surface area contributed by atoms with Crippen LogP contribution in [0, 0.1) is 5.92 Å². The first-order chi connectivity index (χ1) is 11.5. The number of carbonyl (C=O) groups excluding carboxylic acids is 1. The zero-order valence-electron chi connectivity index (χ0n) is 13.3. The number of thiophene rings is 1. The quantitative estimate of drug-likeness (QED) is 0.880. The van der Waals surface area contributed by atoms with Gasteiger partial charge in [-0.15, -0.1) is 11.3 Å². The lowest BCUT2D eigenvalue weighted by Crippen LogP contribution is -2.45. The molecule has 2 aromatic rings. The minimum atomic E-state index is -3.50. The molecule has 0 saturated carbocycles. The number of rotatable bonds is 5. The van der Waals surface area contributed by atoms with Gasteiger partial charge >= 0.3 is 0 Å². The Morgan fingerprint density at radius 2 is 2.25 bits per heavy atom. The standard InChI is InChI=1S/C16H20N2O4S2/c1-12(14-6-3-9-22-14)17-16(19)13-5-2-8-18(11-13)24(20,21)15-7-4-10-23-15/h3-4,6-7,9-10,12-13H,2,5,8,11H2,1H3,(H,17,19)/t12-,13-/m0/s1. The van der Waals surface area contributed by atoms with Crippen LogP contribution in [0.5, 0.6) is 0 Å². The summed E-state index contributed by atoms with van der Waals surface area (Å²) in [4.78, 5) is 12.5. The third-order valence-corrected chi connectivity index (χ3v) is 7.41. The number of furan rings is 1. The molecule has 24 heavy (non-hydrogen) atoms. The Bertz CT molecular complexity index is 769. The van der Waals surface area contributed by atoms with Gasteiger partial charge in [-0.25, -0.2) is 8.42 Å². The van der Waals surface area contributed by atoms with Crippen molar-refractivity contribution in [2.75, 3.05) is 13.1 Å². The molecule has 1 aliphatic rings. The third-order valence-electron chi connectivity index (χ3n) is 4.17. The average Bonchev–Trinajstić information content (AvgIpc) is 3.28. The average molecular weight is 368 g/mol. The van der Waals surface area contributed by atoms with Crippen molar-refractivity contribution in [3.8, 4) is 0 Å². The number of hydrogen-bond acceptors (Lipinski definition) is 5. The van der Waals surface area contributed by atoms with Gasteiger partial charge in [0.1, 0.15) is 9.97 Å². The molecule has 8 heteroatoms. The SMILES string of the molecule is C[C@H](NC(=O)[C@H]1CCCN(S(=O)(=O)c2cccs2)C1)c1ccco1. The molecule has 1 fully saturated rings. The minimum absolute atomic E-state index is 0.134. The molecule has 0 radical (unpaired) electrons. The van der Waals surface area contributed by atoms with Crippen LogP contribution in [0.15, 0.2) is 44.5 Å². The van der Waals surface area contributed by atoms with Crippen molar-refractivity contribution in [1.29, 1.82) is 0 Å². The largest absolute Gasteiger partial charge is 0.467 e. The smallest absolute Gasteiger partial charge is 0.252 e. The van der Waals surface area contributed by atoms with Crippen molar-refractivity contribution in [1.82, 2.24) is 9.62 Å². The molecule has 0 unspecified atom stereocenters. The summed E-state index contributed by atoms with van der Waals surface area (Å²) in [5.41, 5.74) is 0. The van der Waals surface area contributed by atoms with E-state index in [4.69, 9.17) is 4.42 Å². The molecule has 130 valence electrons. The number of amides is 1. The van der Waals surface area contributed by atoms with Crippen molar-refractivity contribution < 1.29 is 17.6 Å². The van der Waals surface area contributed by atoms with Gasteiger partial charge in [0.25, 0.3) is 10.0 Å². The molecule has 0 spiro atoms. The Morgan fingerprint density at radius 1 is 1.42 bits per heavy atom. The molecule has 1 saturated heterocycles. The molecule has 1 amide bonds. The molecule has 0 aliphatic carbocycles. The van der Waals surface area contributed by atoms with E-state index < -0.39 is 10.0 Å². The fourth-order valence-corrected chi connectivity index (χ4v) is 5.52. The van der Waals surface area contributed by atoms with Gasteiger partial charge in [-0.1, -0.05) is 6.07 Å². The number of sulfonamides is 1. The van der Waals surface area contributed by atoms with Gasteiger partial charge in [-0.3, -0.25) is 4.79 Å². The van der Waals surface area contributed by atoms with Crippen LogP contribution in [0.1, 0.15) is 31.6 Å². The summed E-state index contributed by atoms with van der Waals surface area (Å²) in [7, 11) is -3.50. The molecule has 6 nitrogen and oxygen atoms in total. The van der Waals surface area contributed by atoms with Gasteiger partial charge in [-0.05, 0) is 43.3 Å². The molecule has 1 aliphatic heterocycles. The van der Waals surface area contributed by atoms with Crippen LogP contribution in [-0.4, -0.2) is 31.7 Å². The highest BCUT2D eigenvalue weighted by Crippen LogP contribution is 2.27. The second kappa shape index (κ2) is 7.08. The van der Waals surface area contributed by atoms with E-state index in [9.17, 15) is 13.2 Å². The molecule has 2 atom stereocenters. The normalized spacial score (nSPS) is 20.6. The van der Waals surface area contributed by atoms with Crippen LogP contribution in [-0.2, 0) is 14.8 Å².